The molecule has 1 aromatic carbocycles. The minimum Gasteiger partial charge on any atom is -0.508 e. The van der Waals surface area contributed by atoms with Crippen LogP contribution in [0.4, 0.5) is 5.69 Å². The molecule has 0 spiro atoms. The van der Waals surface area contributed by atoms with Crippen LogP contribution < -0.4 is 10.6 Å². The molecular formula is C15H24N2O2. The smallest absolute Gasteiger partial charge is 0.231 e. The van der Waals surface area contributed by atoms with Crippen molar-refractivity contribution in [2.24, 2.45) is 11.7 Å². The van der Waals surface area contributed by atoms with Crippen LogP contribution in [0, 0.1) is 12.8 Å². The molecule has 0 aliphatic carbocycles. The highest BCUT2D eigenvalue weighted by atomic mass is 16.3. The van der Waals surface area contributed by atoms with E-state index in [4.69, 9.17) is 5.73 Å². The summed E-state index contributed by atoms with van der Waals surface area (Å²) in [6.07, 6.45) is 1.73. The Labute approximate surface area is 115 Å². The molecule has 19 heavy (non-hydrogen) atoms. The second kappa shape index (κ2) is 7.14. The maximum absolute atomic E-state index is 12.5. The van der Waals surface area contributed by atoms with Gasteiger partial charge in [-0.25, -0.2) is 0 Å². The minimum atomic E-state index is -0.147. The summed E-state index contributed by atoms with van der Waals surface area (Å²) in [5, 5.41) is 9.60. The van der Waals surface area contributed by atoms with Gasteiger partial charge in [-0.05, 0) is 31.9 Å². The molecular weight excluding hydrogens is 240 g/mol. The fraction of sp³-hybridized carbons (Fsp3) is 0.533. The summed E-state index contributed by atoms with van der Waals surface area (Å²) in [6.45, 7) is 6.85. The van der Waals surface area contributed by atoms with Crippen LogP contribution in [-0.2, 0) is 4.79 Å². The van der Waals surface area contributed by atoms with Gasteiger partial charge in [0.05, 0.1) is 11.6 Å². The molecule has 0 aliphatic heterocycles. The average molecular weight is 264 g/mol. The molecule has 1 rings (SSSR count). The molecule has 4 nitrogen and oxygen atoms in total. The van der Waals surface area contributed by atoms with E-state index in [1.807, 2.05) is 26.8 Å². The van der Waals surface area contributed by atoms with Gasteiger partial charge in [-0.1, -0.05) is 19.4 Å². The number of aromatic hydroxyl groups is 1. The molecule has 0 bridgehead atoms. The summed E-state index contributed by atoms with van der Waals surface area (Å²) in [7, 11) is 0. The zero-order valence-corrected chi connectivity index (χ0v) is 12.0. The molecule has 1 atom stereocenters. The van der Waals surface area contributed by atoms with Gasteiger partial charge >= 0.3 is 0 Å². The van der Waals surface area contributed by atoms with Crippen molar-refractivity contribution in [3.8, 4) is 5.75 Å². The number of rotatable bonds is 6. The Morgan fingerprint density at radius 2 is 2.11 bits per heavy atom. The Morgan fingerprint density at radius 1 is 1.42 bits per heavy atom. The summed E-state index contributed by atoms with van der Waals surface area (Å²) in [6, 6.07) is 5.08. The van der Waals surface area contributed by atoms with Crippen LogP contribution in [0.25, 0.3) is 0 Å². The van der Waals surface area contributed by atoms with Gasteiger partial charge in [0.2, 0.25) is 5.91 Å². The third kappa shape index (κ3) is 3.70. The Hall–Kier alpha value is -1.55. The van der Waals surface area contributed by atoms with Gasteiger partial charge in [0.15, 0.2) is 0 Å². The van der Waals surface area contributed by atoms with Crippen LogP contribution in [0.5, 0.6) is 5.75 Å². The highest BCUT2D eigenvalue weighted by Crippen LogP contribution is 2.26. The highest BCUT2D eigenvalue weighted by Gasteiger charge is 2.23. The van der Waals surface area contributed by atoms with Crippen molar-refractivity contribution in [1.82, 2.24) is 0 Å². The highest BCUT2D eigenvalue weighted by molar-refractivity contribution is 5.96. The number of carbonyl (C=O) groups excluding carboxylic acids is 1. The summed E-state index contributed by atoms with van der Waals surface area (Å²) >= 11 is 0. The van der Waals surface area contributed by atoms with E-state index in [0.29, 0.717) is 13.1 Å². The number of anilines is 1. The van der Waals surface area contributed by atoms with Gasteiger partial charge in [-0.3, -0.25) is 4.79 Å². The molecule has 0 fully saturated rings. The lowest BCUT2D eigenvalue weighted by molar-refractivity contribution is -0.122. The molecule has 1 aromatic rings. The van der Waals surface area contributed by atoms with Crippen LogP contribution in [0.3, 0.4) is 0 Å². The van der Waals surface area contributed by atoms with E-state index in [-0.39, 0.29) is 17.6 Å². The lowest BCUT2D eigenvalue weighted by Gasteiger charge is -2.27. The van der Waals surface area contributed by atoms with Gasteiger partial charge < -0.3 is 15.7 Å². The van der Waals surface area contributed by atoms with Crippen molar-refractivity contribution in [2.75, 3.05) is 18.0 Å². The standard InChI is InChI=1S/C15H24N2O2/c1-4-6-12(10-16)15(19)17(5-2)14-9-13(18)8-7-11(14)3/h7-9,12,18H,4-6,10,16H2,1-3H3. The second-order valence-electron chi connectivity index (χ2n) is 4.77. The maximum atomic E-state index is 12.5. The second-order valence-corrected chi connectivity index (χ2v) is 4.77. The van der Waals surface area contributed by atoms with Crippen molar-refractivity contribution in [2.45, 2.75) is 33.6 Å². The molecule has 0 saturated carbocycles. The molecule has 1 unspecified atom stereocenters. The van der Waals surface area contributed by atoms with Crippen LogP contribution in [-0.4, -0.2) is 24.1 Å². The zero-order valence-electron chi connectivity index (χ0n) is 12.0. The first kappa shape index (κ1) is 15.5. The molecule has 1 amide bonds. The topological polar surface area (TPSA) is 66.6 Å². The number of benzene rings is 1. The van der Waals surface area contributed by atoms with Gasteiger partial charge in [-0.15, -0.1) is 0 Å². The Balaban J connectivity index is 3.05. The van der Waals surface area contributed by atoms with E-state index in [9.17, 15) is 9.90 Å². The summed E-state index contributed by atoms with van der Waals surface area (Å²) in [5.41, 5.74) is 7.44. The SMILES string of the molecule is CCCC(CN)C(=O)N(CC)c1cc(O)ccc1C. The number of amides is 1. The Bertz CT molecular complexity index is 432. The predicted molar refractivity (Wildman–Crippen MR) is 78.3 cm³/mol. The summed E-state index contributed by atoms with van der Waals surface area (Å²) < 4.78 is 0. The van der Waals surface area contributed by atoms with Gasteiger partial charge in [0.25, 0.3) is 0 Å². The van der Waals surface area contributed by atoms with Crippen molar-refractivity contribution >= 4 is 11.6 Å². The number of hydrogen-bond donors (Lipinski definition) is 2. The molecule has 4 heteroatoms. The molecule has 0 aromatic heterocycles. The zero-order chi connectivity index (χ0) is 14.4. The van der Waals surface area contributed by atoms with E-state index in [0.717, 1.165) is 24.1 Å². The molecule has 3 N–H and O–H groups in total. The number of aryl methyl sites for hydroxylation is 1. The minimum absolute atomic E-state index is 0.0422. The number of carbonyl (C=O) groups is 1. The predicted octanol–water partition coefficient (Wildman–Crippen LogP) is 2.43. The van der Waals surface area contributed by atoms with E-state index < -0.39 is 0 Å². The molecule has 0 heterocycles. The molecule has 0 saturated heterocycles. The average Bonchev–Trinajstić information content (AvgIpc) is 2.40. The van der Waals surface area contributed by atoms with Gasteiger partial charge in [0.1, 0.15) is 5.75 Å². The third-order valence-electron chi connectivity index (χ3n) is 3.34. The third-order valence-corrected chi connectivity index (χ3v) is 3.34. The number of phenols is 1. The Morgan fingerprint density at radius 3 is 2.63 bits per heavy atom. The molecule has 0 radical (unpaired) electrons. The van der Waals surface area contributed by atoms with Crippen LogP contribution in [0.1, 0.15) is 32.3 Å². The fourth-order valence-corrected chi connectivity index (χ4v) is 2.24. The monoisotopic (exact) mass is 264 g/mol. The van der Waals surface area contributed by atoms with Gasteiger partial charge in [0, 0.05) is 19.2 Å². The number of nitrogens with two attached hydrogens (primary N) is 1. The number of phenolic OH excluding ortho intramolecular Hbond substituents is 1. The van der Waals surface area contributed by atoms with Gasteiger partial charge in [-0.2, -0.15) is 0 Å². The fourth-order valence-electron chi connectivity index (χ4n) is 2.24. The molecule has 0 aliphatic rings. The van der Waals surface area contributed by atoms with Crippen LogP contribution >= 0.6 is 0 Å². The number of hydrogen-bond acceptors (Lipinski definition) is 3. The van der Waals surface area contributed by atoms with E-state index in [2.05, 4.69) is 0 Å². The van der Waals surface area contributed by atoms with Crippen molar-refractivity contribution in [3.05, 3.63) is 23.8 Å². The van der Waals surface area contributed by atoms with E-state index >= 15 is 0 Å². The van der Waals surface area contributed by atoms with E-state index in [1.165, 1.54) is 0 Å². The largest absolute Gasteiger partial charge is 0.508 e. The van der Waals surface area contributed by atoms with E-state index in [1.54, 1.807) is 17.0 Å². The first-order chi connectivity index (χ1) is 9.04. The first-order valence-electron chi connectivity index (χ1n) is 6.86. The summed E-state index contributed by atoms with van der Waals surface area (Å²) in [4.78, 5) is 14.2. The lowest BCUT2D eigenvalue weighted by Crippen LogP contribution is -2.39. The van der Waals surface area contributed by atoms with Crippen molar-refractivity contribution in [3.63, 3.8) is 0 Å². The van der Waals surface area contributed by atoms with Crippen LogP contribution in [0.15, 0.2) is 18.2 Å². The normalized spacial score (nSPS) is 12.2. The van der Waals surface area contributed by atoms with Crippen molar-refractivity contribution in [1.29, 1.82) is 0 Å². The maximum Gasteiger partial charge on any atom is 0.231 e. The Kier molecular flexibility index (Phi) is 5.83. The quantitative estimate of drug-likeness (QED) is 0.829. The summed E-state index contributed by atoms with van der Waals surface area (Å²) in [5.74, 6) is 0.0684. The number of nitrogens with zero attached hydrogens (tertiary/aromatic N) is 1. The van der Waals surface area contributed by atoms with Crippen LogP contribution in [0.2, 0.25) is 0 Å². The lowest BCUT2D eigenvalue weighted by atomic mass is 10.0. The van der Waals surface area contributed by atoms with Crippen molar-refractivity contribution < 1.29 is 9.90 Å². The molecule has 106 valence electrons. The first-order valence-corrected chi connectivity index (χ1v) is 6.86.